The fraction of sp³-hybridized carbons (Fsp3) is 0.435. The summed E-state index contributed by atoms with van der Waals surface area (Å²) in [7, 11) is 2.21. The molecule has 1 atom stereocenters. The molecule has 0 aliphatic carbocycles. The Labute approximate surface area is 169 Å². The number of hydrogen-bond donors (Lipinski definition) is 2. The summed E-state index contributed by atoms with van der Waals surface area (Å²) < 4.78 is 0. The Bertz CT molecular complexity index is 759. The van der Waals surface area contributed by atoms with E-state index in [0.717, 1.165) is 51.3 Å². The molecule has 5 nitrogen and oxygen atoms in total. The van der Waals surface area contributed by atoms with Crippen LogP contribution in [-0.4, -0.2) is 55.5 Å². The van der Waals surface area contributed by atoms with Gasteiger partial charge in [-0.15, -0.1) is 0 Å². The third-order valence-electron chi connectivity index (χ3n) is 5.37. The van der Waals surface area contributed by atoms with Gasteiger partial charge in [0.15, 0.2) is 5.96 Å². The van der Waals surface area contributed by atoms with Crippen LogP contribution in [0.25, 0.3) is 0 Å². The minimum Gasteiger partial charge on any atom is -0.370 e. The van der Waals surface area contributed by atoms with E-state index in [0.29, 0.717) is 12.0 Å². The van der Waals surface area contributed by atoms with Gasteiger partial charge in [-0.2, -0.15) is 0 Å². The summed E-state index contributed by atoms with van der Waals surface area (Å²) in [5.41, 5.74) is 9.76. The zero-order valence-electron chi connectivity index (χ0n) is 17.1. The molecule has 1 fully saturated rings. The predicted octanol–water partition coefficient (Wildman–Crippen LogP) is 3.35. The quantitative estimate of drug-likeness (QED) is 0.440. The lowest BCUT2D eigenvalue weighted by molar-refractivity contribution is 0.0894. The summed E-state index contributed by atoms with van der Waals surface area (Å²) >= 11 is 0. The number of nitrogens with two attached hydrogens (primary N) is 1. The molecule has 3 N–H and O–H groups in total. The van der Waals surface area contributed by atoms with E-state index >= 15 is 0 Å². The van der Waals surface area contributed by atoms with E-state index in [1.165, 1.54) is 11.1 Å². The summed E-state index contributed by atoms with van der Waals surface area (Å²) in [5.74, 6) is 0.492. The minimum absolute atomic E-state index is 0.455. The first-order valence-corrected chi connectivity index (χ1v) is 10.3. The van der Waals surface area contributed by atoms with Crippen molar-refractivity contribution in [1.82, 2.24) is 9.80 Å². The molecular formula is C23H33N5. The molecule has 2 aromatic rings. The third-order valence-corrected chi connectivity index (χ3v) is 5.37. The van der Waals surface area contributed by atoms with Crippen molar-refractivity contribution >= 4 is 11.6 Å². The van der Waals surface area contributed by atoms with Crippen molar-refractivity contribution in [2.75, 3.05) is 45.1 Å². The van der Waals surface area contributed by atoms with Gasteiger partial charge in [-0.1, -0.05) is 49.4 Å². The van der Waals surface area contributed by atoms with Crippen LogP contribution in [0.2, 0.25) is 0 Å². The molecule has 0 spiro atoms. The maximum absolute atomic E-state index is 6.07. The van der Waals surface area contributed by atoms with E-state index in [1.807, 2.05) is 12.1 Å². The summed E-state index contributed by atoms with van der Waals surface area (Å²) in [5, 5.41) is 3.20. The van der Waals surface area contributed by atoms with Crippen molar-refractivity contribution in [1.29, 1.82) is 0 Å². The number of likely N-dealkylation sites (N-methyl/N-ethyl adjacent to an activating group) is 1. The Hall–Kier alpha value is -2.37. The van der Waals surface area contributed by atoms with Gasteiger partial charge in [0, 0.05) is 44.5 Å². The molecule has 1 aliphatic rings. The van der Waals surface area contributed by atoms with Crippen molar-refractivity contribution < 1.29 is 0 Å². The Morgan fingerprint density at radius 1 is 1.14 bits per heavy atom. The maximum Gasteiger partial charge on any atom is 0.193 e. The van der Waals surface area contributed by atoms with Crippen LogP contribution in [0, 0.1) is 0 Å². The van der Waals surface area contributed by atoms with E-state index < -0.39 is 0 Å². The minimum atomic E-state index is 0.455. The number of rotatable bonds is 7. The topological polar surface area (TPSA) is 56.9 Å². The maximum atomic E-state index is 6.07. The van der Waals surface area contributed by atoms with Crippen molar-refractivity contribution in [2.45, 2.75) is 25.8 Å². The van der Waals surface area contributed by atoms with Crippen molar-refractivity contribution in [2.24, 2.45) is 10.7 Å². The van der Waals surface area contributed by atoms with Crippen LogP contribution in [0.1, 0.15) is 30.5 Å². The number of nitrogens with one attached hydrogen (secondary N) is 1. The Morgan fingerprint density at radius 2 is 1.96 bits per heavy atom. The first-order chi connectivity index (χ1) is 13.7. The van der Waals surface area contributed by atoms with Crippen LogP contribution in [0.3, 0.4) is 0 Å². The second kappa shape index (κ2) is 10.2. The Kier molecular flexibility index (Phi) is 7.46. The van der Waals surface area contributed by atoms with Gasteiger partial charge in [-0.3, -0.25) is 9.89 Å². The van der Waals surface area contributed by atoms with Gasteiger partial charge in [0.05, 0.1) is 0 Å². The largest absolute Gasteiger partial charge is 0.370 e. The number of aliphatic imine (C=N–C) groups is 1. The predicted molar refractivity (Wildman–Crippen MR) is 119 cm³/mol. The molecule has 0 amide bonds. The molecule has 2 aromatic carbocycles. The fourth-order valence-corrected chi connectivity index (χ4v) is 3.75. The van der Waals surface area contributed by atoms with Crippen LogP contribution in [0.4, 0.5) is 5.69 Å². The van der Waals surface area contributed by atoms with Gasteiger partial charge in [0.25, 0.3) is 0 Å². The standard InChI is InChI=1S/C23H33N5/c1-3-19-9-7-12-21(17-19)26-23(24)25-13-8-14-28-16-15-27(2)18-22(28)20-10-5-4-6-11-20/h4-7,9-12,17,22H,3,8,13-16,18H2,1-2H3,(H3,24,25,26). The molecule has 3 rings (SSSR count). The highest BCUT2D eigenvalue weighted by atomic mass is 15.3. The van der Waals surface area contributed by atoms with E-state index in [9.17, 15) is 0 Å². The van der Waals surface area contributed by atoms with Crippen LogP contribution in [0.5, 0.6) is 0 Å². The molecule has 0 aromatic heterocycles. The average Bonchev–Trinajstić information content (AvgIpc) is 2.73. The van der Waals surface area contributed by atoms with Crippen molar-refractivity contribution in [3.63, 3.8) is 0 Å². The van der Waals surface area contributed by atoms with Gasteiger partial charge < -0.3 is 16.0 Å². The lowest BCUT2D eigenvalue weighted by atomic mass is 10.0. The molecule has 0 bridgehead atoms. The molecule has 28 heavy (non-hydrogen) atoms. The number of aryl methyl sites for hydroxylation is 1. The number of nitrogens with zero attached hydrogens (tertiary/aromatic N) is 3. The monoisotopic (exact) mass is 379 g/mol. The summed E-state index contributed by atoms with van der Waals surface area (Å²) in [4.78, 5) is 9.52. The molecule has 1 unspecified atom stereocenters. The third kappa shape index (κ3) is 5.81. The normalized spacial score (nSPS) is 18.9. The van der Waals surface area contributed by atoms with E-state index in [-0.39, 0.29) is 0 Å². The number of hydrogen-bond acceptors (Lipinski definition) is 3. The molecule has 0 saturated carbocycles. The lowest BCUT2D eigenvalue weighted by Gasteiger charge is -2.40. The molecule has 5 heteroatoms. The SMILES string of the molecule is CCc1cccc(NC(N)=NCCCN2CCN(C)CC2c2ccccc2)c1. The van der Waals surface area contributed by atoms with Gasteiger partial charge in [-0.25, -0.2) is 0 Å². The van der Waals surface area contributed by atoms with Gasteiger partial charge >= 0.3 is 0 Å². The second-order valence-electron chi connectivity index (χ2n) is 7.52. The molecule has 0 radical (unpaired) electrons. The molecule has 1 aliphatic heterocycles. The summed E-state index contributed by atoms with van der Waals surface area (Å²) in [6, 6.07) is 19.6. The fourth-order valence-electron chi connectivity index (χ4n) is 3.75. The smallest absolute Gasteiger partial charge is 0.193 e. The zero-order chi connectivity index (χ0) is 19.8. The number of guanidine groups is 1. The number of piperazine rings is 1. The van der Waals surface area contributed by atoms with E-state index in [1.54, 1.807) is 0 Å². The Morgan fingerprint density at radius 3 is 2.75 bits per heavy atom. The van der Waals surface area contributed by atoms with E-state index in [4.69, 9.17) is 5.73 Å². The van der Waals surface area contributed by atoms with Gasteiger partial charge in [0.2, 0.25) is 0 Å². The summed E-state index contributed by atoms with van der Waals surface area (Å²) in [6.07, 6.45) is 2.02. The number of anilines is 1. The Balaban J connectivity index is 1.50. The first kappa shape index (κ1) is 20.4. The van der Waals surface area contributed by atoms with Crippen LogP contribution in [-0.2, 0) is 6.42 Å². The highest BCUT2D eigenvalue weighted by Crippen LogP contribution is 2.24. The second-order valence-corrected chi connectivity index (χ2v) is 7.52. The number of benzene rings is 2. The molecule has 1 heterocycles. The van der Waals surface area contributed by atoms with Gasteiger partial charge in [-0.05, 0) is 43.1 Å². The average molecular weight is 380 g/mol. The van der Waals surface area contributed by atoms with Crippen molar-refractivity contribution in [3.05, 3.63) is 65.7 Å². The first-order valence-electron chi connectivity index (χ1n) is 10.3. The highest BCUT2D eigenvalue weighted by molar-refractivity contribution is 5.92. The van der Waals surface area contributed by atoms with Crippen molar-refractivity contribution in [3.8, 4) is 0 Å². The molecule has 1 saturated heterocycles. The van der Waals surface area contributed by atoms with E-state index in [2.05, 4.69) is 76.5 Å². The summed E-state index contributed by atoms with van der Waals surface area (Å²) in [6.45, 7) is 7.21. The molecule has 150 valence electrons. The lowest BCUT2D eigenvalue weighted by Crippen LogP contribution is -2.47. The van der Waals surface area contributed by atoms with Crippen LogP contribution in [0.15, 0.2) is 59.6 Å². The van der Waals surface area contributed by atoms with Crippen LogP contribution < -0.4 is 11.1 Å². The molecular weight excluding hydrogens is 346 g/mol. The zero-order valence-corrected chi connectivity index (χ0v) is 17.1. The van der Waals surface area contributed by atoms with Crippen LogP contribution >= 0.6 is 0 Å². The highest BCUT2D eigenvalue weighted by Gasteiger charge is 2.25. The van der Waals surface area contributed by atoms with Gasteiger partial charge in [0.1, 0.15) is 0 Å².